The van der Waals surface area contributed by atoms with Gasteiger partial charge in [0.25, 0.3) is 0 Å². The molecule has 1 N–H and O–H groups in total. The van der Waals surface area contributed by atoms with Crippen LogP contribution < -0.4 is 5.32 Å². The van der Waals surface area contributed by atoms with E-state index in [1.165, 1.54) is 6.07 Å². The maximum absolute atomic E-state index is 13.8. The molecule has 0 aliphatic carbocycles. The molecule has 0 saturated carbocycles. The number of pyridine rings is 1. The maximum atomic E-state index is 13.8. The summed E-state index contributed by atoms with van der Waals surface area (Å²) in [7, 11) is 0. The Morgan fingerprint density at radius 3 is 2.85 bits per heavy atom. The van der Waals surface area contributed by atoms with Crippen molar-refractivity contribution >= 4 is 11.6 Å². The van der Waals surface area contributed by atoms with E-state index in [0.717, 1.165) is 18.5 Å². The van der Waals surface area contributed by atoms with Gasteiger partial charge in [0.05, 0.1) is 0 Å². The van der Waals surface area contributed by atoms with Crippen LogP contribution in [-0.2, 0) is 12.8 Å². The second-order valence-electron chi connectivity index (χ2n) is 4.76. The first-order valence-electron chi connectivity index (χ1n) is 6.75. The lowest BCUT2D eigenvalue weighted by molar-refractivity contribution is 0.505. The van der Waals surface area contributed by atoms with Crippen molar-refractivity contribution in [1.29, 1.82) is 0 Å². The van der Waals surface area contributed by atoms with Gasteiger partial charge in [0.2, 0.25) is 0 Å². The number of rotatable bonds is 6. The molecule has 1 aromatic heterocycles. The van der Waals surface area contributed by atoms with E-state index in [4.69, 9.17) is 11.6 Å². The highest BCUT2D eigenvalue weighted by molar-refractivity contribution is 6.30. The Labute approximate surface area is 124 Å². The molecule has 0 spiro atoms. The van der Waals surface area contributed by atoms with Gasteiger partial charge in [-0.05, 0) is 54.8 Å². The summed E-state index contributed by atoms with van der Waals surface area (Å²) in [6, 6.07) is 8.81. The standard InChI is InChI=1S/C16H18ClFN2/c1-2-20-15(8-12-4-3-7-19-11-12)10-13-9-14(17)5-6-16(13)18/h3-7,9,11,15,20H,2,8,10H2,1H3. The van der Waals surface area contributed by atoms with E-state index in [-0.39, 0.29) is 11.9 Å². The Kier molecular flexibility index (Phi) is 5.50. The van der Waals surface area contributed by atoms with Crippen molar-refractivity contribution in [2.24, 2.45) is 0 Å². The molecular weight excluding hydrogens is 275 g/mol. The van der Waals surface area contributed by atoms with Gasteiger partial charge in [-0.2, -0.15) is 0 Å². The molecule has 1 aromatic carbocycles. The fourth-order valence-electron chi connectivity index (χ4n) is 2.27. The number of nitrogens with one attached hydrogen (secondary N) is 1. The summed E-state index contributed by atoms with van der Waals surface area (Å²) in [6.45, 7) is 2.89. The minimum Gasteiger partial charge on any atom is -0.314 e. The summed E-state index contributed by atoms with van der Waals surface area (Å²) < 4.78 is 13.8. The normalized spacial score (nSPS) is 12.3. The lowest BCUT2D eigenvalue weighted by Gasteiger charge is -2.18. The van der Waals surface area contributed by atoms with Crippen LogP contribution in [0.15, 0.2) is 42.7 Å². The van der Waals surface area contributed by atoms with Crippen molar-refractivity contribution in [3.05, 3.63) is 64.7 Å². The summed E-state index contributed by atoms with van der Waals surface area (Å²) >= 11 is 5.94. The number of nitrogens with zero attached hydrogens (tertiary/aromatic N) is 1. The third kappa shape index (κ3) is 4.29. The zero-order chi connectivity index (χ0) is 14.4. The van der Waals surface area contributed by atoms with Gasteiger partial charge in [-0.1, -0.05) is 24.6 Å². The highest BCUT2D eigenvalue weighted by Gasteiger charge is 2.13. The number of hydrogen-bond acceptors (Lipinski definition) is 2. The molecule has 0 aliphatic rings. The maximum Gasteiger partial charge on any atom is 0.126 e. The first-order chi connectivity index (χ1) is 9.69. The number of likely N-dealkylation sites (N-methyl/N-ethyl adjacent to an activating group) is 1. The SMILES string of the molecule is CCNC(Cc1cccnc1)Cc1cc(Cl)ccc1F. The molecule has 0 aliphatic heterocycles. The van der Waals surface area contributed by atoms with Crippen LogP contribution in [0.2, 0.25) is 5.02 Å². The van der Waals surface area contributed by atoms with Crippen molar-refractivity contribution < 1.29 is 4.39 Å². The topological polar surface area (TPSA) is 24.9 Å². The molecule has 2 nitrogen and oxygen atoms in total. The van der Waals surface area contributed by atoms with E-state index in [2.05, 4.69) is 10.3 Å². The zero-order valence-corrected chi connectivity index (χ0v) is 12.2. The van der Waals surface area contributed by atoms with Gasteiger partial charge < -0.3 is 5.32 Å². The average Bonchev–Trinajstić information content (AvgIpc) is 2.44. The van der Waals surface area contributed by atoms with Crippen LogP contribution in [0.5, 0.6) is 0 Å². The molecule has 0 bridgehead atoms. The molecule has 4 heteroatoms. The van der Waals surface area contributed by atoms with Crippen molar-refractivity contribution in [2.75, 3.05) is 6.54 Å². The molecule has 0 radical (unpaired) electrons. The highest BCUT2D eigenvalue weighted by atomic mass is 35.5. The van der Waals surface area contributed by atoms with Gasteiger partial charge in [-0.3, -0.25) is 4.98 Å². The molecule has 2 rings (SSSR count). The van der Waals surface area contributed by atoms with Crippen LogP contribution in [0, 0.1) is 5.82 Å². The van der Waals surface area contributed by atoms with Crippen LogP contribution in [0.4, 0.5) is 4.39 Å². The van der Waals surface area contributed by atoms with Crippen molar-refractivity contribution in [3.8, 4) is 0 Å². The lowest BCUT2D eigenvalue weighted by Crippen LogP contribution is -2.33. The third-order valence-corrected chi connectivity index (χ3v) is 3.41. The predicted molar refractivity (Wildman–Crippen MR) is 80.5 cm³/mol. The molecule has 0 amide bonds. The molecule has 20 heavy (non-hydrogen) atoms. The Bertz CT molecular complexity index is 545. The van der Waals surface area contributed by atoms with Crippen molar-refractivity contribution in [2.45, 2.75) is 25.8 Å². The third-order valence-electron chi connectivity index (χ3n) is 3.17. The molecule has 1 atom stereocenters. The van der Waals surface area contributed by atoms with Crippen molar-refractivity contribution in [3.63, 3.8) is 0 Å². The second-order valence-corrected chi connectivity index (χ2v) is 5.20. The first-order valence-corrected chi connectivity index (χ1v) is 7.13. The smallest absolute Gasteiger partial charge is 0.126 e. The molecule has 1 heterocycles. The second kappa shape index (κ2) is 7.36. The Hall–Kier alpha value is -1.45. The van der Waals surface area contributed by atoms with Crippen LogP contribution in [0.3, 0.4) is 0 Å². The molecule has 1 unspecified atom stereocenters. The van der Waals surface area contributed by atoms with Gasteiger partial charge in [-0.25, -0.2) is 4.39 Å². The van der Waals surface area contributed by atoms with E-state index in [1.54, 1.807) is 18.3 Å². The fourth-order valence-corrected chi connectivity index (χ4v) is 2.47. The fraction of sp³-hybridized carbons (Fsp3) is 0.312. The van der Waals surface area contributed by atoms with E-state index in [0.29, 0.717) is 17.0 Å². The molecule has 0 saturated heterocycles. The average molecular weight is 293 g/mol. The van der Waals surface area contributed by atoms with Gasteiger partial charge in [0, 0.05) is 23.5 Å². The molecular formula is C16H18ClFN2. The van der Waals surface area contributed by atoms with Crippen molar-refractivity contribution in [1.82, 2.24) is 10.3 Å². The zero-order valence-electron chi connectivity index (χ0n) is 11.4. The van der Waals surface area contributed by atoms with Gasteiger partial charge in [0.1, 0.15) is 5.82 Å². The largest absolute Gasteiger partial charge is 0.314 e. The quantitative estimate of drug-likeness (QED) is 0.879. The van der Waals surface area contributed by atoms with Crippen LogP contribution >= 0.6 is 11.6 Å². The number of hydrogen-bond donors (Lipinski definition) is 1. The Balaban J connectivity index is 2.11. The van der Waals surface area contributed by atoms with Crippen LogP contribution in [-0.4, -0.2) is 17.6 Å². The summed E-state index contributed by atoms with van der Waals surface area (Å²) in [5, 5.41) is 3.96. The summed E-state index contributed by atoms with van der Waals surface area (Å²) in [6.07, 6.45) is 5.02. The Morgan fingerprint density at radius 2 is 2.15 bits per heavy atom. The first kappa shape index (κ1) is 14.9. The minimum atomic E-state index is -0.205. The Morgan fingerprint density at radius 1 is 1.30 bits per heavy atom. The molecule has 0 fully saturated rings. The number of aromatic nitrogens is 1. The van der Waals surface area contributed by atoms with Crippen LogP contribution in [0.25, 0.3) is 0 Å². The van der Waals surface area contributed by atoms with E-state index < -0.39 is 0 Å². The molecule has 2 aromatic rings. The minimum absolute atomic E-state index is 0.164. The summed E-state index contributed by atoms with van der Waals surface area (Å²) in [4.78, 5) is 4.11. The highest BCUT2D eigenvalue weighted by Crippen LogP contribution is 2.17. The number of benzene rings is 1. The monoisotopic (exact) mass is 292 g/mol. The van der Waals surface area contributed by atoms with Gasteiger partial charge >= 0.3 is 0 Å². The predicted octanol–water partition coefficient (Wildman–Crippen LogP) is 3.64. The number of halogens is 2. The van der Waals surface area contributed by atoms with E-state index >= 15 is 0 Å². The van der Waals surface area contributed by atoms with E-state index in [9.17, 15) is 4.39 Å². The summed E-state index contributed by atoms with van der Waals surface area (Å²) in [5.74, 6) is -0.205. The van der Waals surface area contributed by atoms with Crippen LogP contribution in [0.1, 0.15) is 18.1 Å². The van der Waals surface area contributed by atoms with Gasteiger partial charge in [0.15, 0.2) is 0 Å². The summed E-state index contributed by atoms with van der Waals surface area (Å²) in [5.41, 5.74) is 1.79. The lowest BCUT2D eigenvalue weighted by atomic mass is 9.99. The molecule has 106 valence electrons. The van der Waals surface area contributed by atoms with E-state index in [1.807, 2.05) is 25.3 Å². The van der Waals surface area contributed by atoms with Gasteiger partial charge in [-0.15, -0.1) is 0 Å².